The van der Waals surface area contributed by atoms with Crippen LogP contribution in [0.15, 0.2) is 43.0 Å². The number of fused-ring (bicyclic) bond motifs is 1. The first-order chi connectivity index (χ1) is 16.0. The Morgan fingerprint density at radius 3 is 2.85 bits per heavy atom. The van der Waals surface area contributed by atoms with E-state index in [0.29, 0.717) is 21.2 Å². The highest BCUT2D eigenvalue weighted by Gasteiger charge is 2.23. The molecule has 0 saturated carbocycles. The SMILES string of the molecule is O=C(NC1CCN(Cc2ncc[nH]2)CC1)c1cc2c(Nc3ccc(F)c(Cl)c3)ncnc2s1. The first kappa shape index (κ1) is 21.7. The minimum atomic E-state index is -0.489. The van der Waals surface area contributed by atoms with Crippen LogP contribution >= 0.6 is 22.9 Å². The normalized spacial score (nSPS) is 15.1. The highest BCUT2D eigenvalue weighted by Crippen LogP contribution is 2.31. The molecule has 1 aliphatic heterocycles. The number of benzene rings is 1. The number of aromatic amines is 1. The summed E-state index contributed by atoms with van der Waals surface area (Å²) in [5.74, 6) is 0.884. The van der Waals surface area contributed by atoms with E-state index in [4.69, 9.17) is 11.6 Å². The van der Waals surface area contributed by atoms with Crippen LogP contribution < -0.4 is 10.6 Å². The van der Waals surface area contributed by atoms with E-state index < -0.39 is 5.82 Å². The first-order valence-electron chi connectivity index (χ1n) is 10.5. The number of amides is 1. The van der Waals surface area contributed by atoms with Gasteiger partial charge in [-0.15, -0.1) is 11.3 Å². The van der Waals surface area contributed by atoms with Crippen molar-refractivity contribution in [1.29, 1.82) is 0 Å². The molecule has 0 bridgehead atoms. The fourth-order valence-corrected chi connectivity index (χ4v) is 4.95. The molecule has 0 radical (unpaired) electrons. The zero-order chi connectivity index (χ0) is 22.8. The van der Waals surface area contributed by atoms with Crippen molar-refractivity contribution in [1.82, 2.24) is 30.2 Å². The van der Waals surface area contributed by atoms with Gasteiger partial charge in [0.25, 0.3) is 5.91 Å². The molecule has 0 atom stereocenters. The third-order valence-corrected chi connectivity index (χ3v) is 6.92. The summed E-state index contributed by atoms with van der Waals surface area (Å²) >= 11 is 7.19. The van der Waals surface area contributed by atoms with Crippen molar-refractivity contribution in [2.24, 2.45) is 0 Å². The minimum absolute atomic E-state index is 0.0193. The highest BCUT2D eigenvalue weighted by atomic mass is 35.5. The third-order valence-electron chi connectivity index (χ3n) is 5.59. The number of carbonyl (C=O) groups is 1. The zero-order valence-electron chi connectivity index (χ0n) is 17.5. The Morgan fingerprint density at radius 1 is 1.24 bits per heavy atom. The summed E-state index contributed by atoms with van der Waals surface area (Å²) in [6.45, 7) is 2.59. The second-order valence-corrected chi connectivity index (χ2v) is 9.30. The predicted molar refractivity (Wildman–Crippen MR) is 126 cm³/mol. The van der Waals surface area contributed by atoms with E-state index in [1.807, 2.05) is 6.20 Å². The molecular weight excluding hydrogens is 465 g/mol. The van der Waals surface area contributed by atoms with Crippen molar-refractivity contribution in [2.45, 2.75) is 25.4 Å². The Balaban J connectivity index is 1.24. The smallest absolute Gasteiger partial charge is 0.261 e. The molecule has 0 unspecified atom stereocenters. The van der Waals surface area contributed by atoms with Gasteiger partial charge in [0, 0.05) is 37.2 Å². The maximum absolute atomic E-state index is 13.4. The predicted octanol–water partition coefficient (Wildman–Crippen LogP) is 4.34. The average molecular weight is 486 g/mol. The van der Waals surface area contributed by atoms with Crippen LogP contribution in [0.1, 0.15) is 28.3 Å². The molecule has 1 aromatic carbocycles. The number of H-pyrrole nitrogens is 1. The molecule has 33 heavy (non-hydrogen) atoms. The van der Waals surface area contributed by atoms with Crippen molar-refractivity contribution < 1.29 is 9.18 Å². The van der Waals surface area contributed by atoms with Crippen LogP contribution in [0.5, 0.6) is 0 Å². The lowest BCUT2D eigenvalue weighted by Gasteiger charge is -2.31. The number of nitrogens with zero attached hydrogens (tertiary/aromatic N) is 4. The summed E-state index contributed by atoms with van der Waals surface area (Å²) in [6, 6.07) is 6.27. The number of likely N-dealkylation sites (tertiary alicyclic amines) is 1. The number of imidazole rings is 1. The summed E-state index contributed by atoms with van der Waals surface area (Å²) in [4.78, 5) is 32.5. The fraction of sp³-hybridized carbons (Fsp3) is 0.273. The van der Waals surface area contributed by atoms with Crippen molar-refractivity contribution >= 4 is 50.6 Å². The molecular formula is C22H21ClFN7OS. The van der Waals surface area contributed by atoms with Gasteiger partial charge in [-0.1, -0.05) is 11.6 Å². The highest BCUT2D eigenvalue weighted by molar-refractivity contribution is 7.20. The van der Waals surface area contributed by atoms with E-state index in [1.54, 1.807) is 18.3 Å². The Bertz CT molecular complexity index is 1270. The lowest BCUT2D eigenvalue weighted by molar-refractivity contribution is 0.0912. The molecule has 170 valence electrons. The summed E-state index contributed by atoms with van der Waals surface area (Å²) in [6.07, 6.45) is 6.79. The molecule has 8 nitrogen and oxygen atoms in total. The third kappa shape index (κ3) is 4.97. The van der Waals surface area contributed by atoms with Crippen LogP contribution in [0.25, 0.3) is 10.2 Å². The maximum Gasteiger partial charge on any atom is 0.261 e. The average Bonchev–Trinajstić information content (AvgIpc) is 3.48. The summed E-state index contributed by atoms with van der Waals surface area (Å²) in [7, 11) is 0. The van der Waals surface area contributed by atoms with Gasteiger partial charge < -0.3 is 15.6 Å². The van der Waals surface area contributed by atoms with E-state index >= 15 is 0 Å². The van der Waals surface area contributed by atoms with E-state index in [0.717, 1.165) is 43.7 Å². The van der Waals surface area contributed by atoms with Crippen molar-refractivity contribution in [3.8, 4) is 0 Å². The molecule has 4 heterocycles. The van der Waals surface area contributed by atoms with Crippen LogP contribution in [-0.2, 0) is 6.54 Å². The van der Waals surface area contributed by atoms with E-state index in [-0.39, 0.29) is 17.0 Å². The molecule has 4 aromatic rings. The molecule has 5 rings (SSSR count). The summed E-state index contributed by atoms with van der Waals surface area (Å²) in [5, 5.41) is 7.03. The van der Waals surface area contributed by atoms with Gasteiger partial charge in [0.15, 0.2) is 0 Å². The van der Waals surface area contributed by atoms with Gasteiger partial charge in [0.1, 0.15) is 28.6 Å². The Kier molecular flexibility index (Phi) is 6.21. The van der Waals surface area contributed by atoms with Gasteiger partial charge >= 0.3 is 0 Å². The summed E-state index contributed by atoms with van der Waals surface area (Å²) in [5.41, 5.74) is 0.597. The Hall–Kier alpha value is -3.08. The number of anilines is 2. The van der Waals surface area contributed by atoms with Crippen molar-refractivity contribution in [3.05, 3.63) is 64.5 Å². The minimum Gasteiger partial charge on any atom is -0.349 e. The molecule has 1 saturated heterocycles. The van der Waals surface area contributed by atoms with Gasteiger partial charge in [0.05, 0.1) is 21.8 Å². The monoisotopic (exact) mass is 485 g/mol. The lowest BCUT2D eigenvalue weighted by atomic mass is 10.0. The van der Waals surface area contributed by atoms with Gasteiger partial charge in [0.2, 0.25) is 0 Å². The lowest BCUT2D eigenvalue weighted by Crippen LogP contribution is -2.44. The summed E-state index contributed by atoms with van der Waals surface area (Å²) < 4.78 is 13.4. The number of carbonyl (C=O) groups excluding carboxylic acids is 1. The van der Waals surface area contributed by atoms with Crippen LogP contribution in [-0.4, -0.2) is 49.9 Å². The number of hydrogen-bond acceptors (Lipinski definition) is 7. The van der Waals surface area contributed by atoms with Crippen LogP contribution in [0.2, 0.25) is 5.02 Å². The van der Waals surface area contributed by atoms with Gasteiger partial charge in [-0.05, 0) is 37.1 Å². The van der Waals surface area contributed by atoms with Gasteiger partial charge in [-0.2, -0.15) is 0 Å². The molecule has 11 heteroatoms. The standard InChI is InChI=1S/C22H21ClFN7OS/c23-16-9-14(1-2-17(16)24)29-20-15-10-18(33-22(15)28-12-27-20)21(32)30-13-3-7-31(8-4-13)11-19-25-5-6-26-19/h1-2,5-6,9-10,12-13H,3-4,7-8,11H2,(H,25,26)(H,30,32)(H,27,28,29). The molecule has 0 spiro atoms. The molecule has 1 aliphatic rings. The van der Waals surface area contributed by atoms with Crippen LogP contribution in [0.3, 0.4) is 0 Å². The van der Waals surface area contributed by atoms with Crippen LogP contribution in [0.4, 0.5) is 15.9 Å². The molecule has 3 aromatic heterocycles. The number of nitrogens with one attached hydrogen (secondary N) is 3. The number of halogens is 2. The second kappa shape index (κ2) is 9.42. The van der Waals surface area contributed by atoms with E-state index in [9.17, 15) is 9.18 Å². The zero-order valence-corrected chi connectivity index (χ0v) is 19.1. The fourth-order valence-electron chi connectivity index (χ4n) is 3.87. The van der Waals surface area contributed by atoms with Crippen molar-refractivity contribution in [3.63, 3.8) is 0 Å². The molecule has 1 fully saturated rings. The topological polar surface area (TPSA) is 98.8 Å². The van der Waals surface area contributed by atoms with Crippen LogP contribution in [0, 0.1) is 5.82 Å². The second-order valence-electron chi connectivity index (χ2n) is 7.87. The van der Waals surface area contributed by atoms with Gasteiger partial charge in [-0.25, -0.2) is 19.3 Å². The first-order valence-corrected chi connectivity index (χ1v) is 11.7. The quantitative estimate of drug-likeness (QED) is 0.375. The number of thiophene rings is 1. The van der Waals surface area contributed by atoms with Gasteiger partial charge in [-0.3, -0.25) is 9.69 Å². The largest absolute Gasteiger partial charge is 0.349 e. The van der Waals surface area contributed by atoms with E-state index in [1.165, 1.54) is 29.8 Å². The van der Waals surface area contributed by atoms with Crippen molar-refractivity contribution in [2.75, 3.05) is 18.4 Å². The number of rotatable bonds is 6. The molecule has 0 aliphatic carbocycles. The maximum atomic E-state index is 13.4. The number of hydrogen-bond donors (Lipinski definition) is 3. The molecule has 3 N–H and O–H groups in total. The number of aromatic nitrogens is 4. The molecule has 1 amide bonds. The Labute approximate surface area is 198 Å². The van der Waals surface area contributed by atoms with E-state index in [2.05, 4.69) is 35.5 Å². The number of piperidine rings is 1. The Morgan fingerprint density at radius 2 is 2.09 bits per heavy atom.